The van der Waals surface area contributed by atoms with Gasteiger partial charge in [0.2, 0.25) is 5.88 Å². The van der Waals surface area contributed by atoms with Crippen LogP contribution in [0.25, 0.3) is 10.9 Å². The first-order valence-electron chi connectivity index (χ1n) is 10.1. The van der Waals surface area contributed by atoms with Gasteiger partial charge in [-0.3, -0.25) is 9.59 Å². The summed E-state index contributed by atoms with van der Waals surface area (Å²) >= 11 is 0. The molecule has 0 N–H and O–H groups in total. The van der Waals surface area contributed by atoms with Crippen molar-refractivity contribution in [1.82, 2.24) is 4.98 Å². The van der Waals surface area contributed by atoms with E-state index in [2.05, 4.69) is 4.98 Å². The number of carbonyl (C=O) groups is 2. The average Bonchev–Trinajstić information content (AvgIpc) is 2.66. The highest BCUT2D eigenvalue weighted by molar-refractivity contribution is 6.10. The number of carbonyl (C=O) groups excluding carboxylic acids is 2. The molecule has 148 valence electrons. The van der Waals surface area contributed by atoms with Crippen molar-refractivity contribution in [3.63, 3.8) is 0 Å². The van der Waals surface area contributed by atoms with Gasteiger partial charge in [-0.1, -0.05) is 45.0 Å². The molecule has 1 saturated carbocycles. The van der Waals surface area contributed by atoms with Crippen molar-refractivity contribution in [3.05, 3.63) is 65.7 Å². The van der Waals surface area contributed by atoms with Gasteiger partial charge in [0.15, 0.2) is 0 Å². The Bertz CT molecular complexity index is 1080. The van der Waals surface area contributed by atoms with Crippen molar-refractivity contribution < 1.29 is 14.3 Å². The van der Waals surface area contributed by atoms with E-state index in [1.54, 1.807) is 0 Å². The van der Waals surface area contributed by atoms with Crippen LogP contribution in [0.3, 0.4) is 0 Å². The molecule has 4 nitrogen and oxygen atoms in total. The zero-order valence-electron chi connectivity index (χ0n) is 17.1. The number of benzene rings is 2. The van der Waals surface area contributed by atoms with Gasteiger partial charge in [-0.2, -0.15) is 0 Å². The van der Waals surface area contributed by atoms with Gasteiger partial charge in [-0.25, -0.2) is 4.98 Å². The molecule has 1 aliphatic rings. The summed E-state index contributed by atoms with van der Waals surface area (Å²) in [6.45, 7) is 5.99. The van der Waals surface area contributed by atoms with Crippen molar-refractivity contribution in [2.45, 2.75) is 46.0 Å². The zero-order valence-corrected chi connectivity index (χ0v) is 17.1. The van der Waals surface area contributed by atoms with E-state index < -0.39 is 5.92 Å². The summed E-state index contributed by atoms with van der Waals surface area (Å²) in [7, 11) is 0. The van der Waals surface area contributed by atoms with Crippen LogP contribution in [0, 0.1) is 5.41 Å². The molecule has 0 atom stereocenters. The van der Waals surface area contributed by atoms with Crippen LogP contribution in [0.5, 0.6) is 11.6 Å². The van der Waals surface area contributed by atoms with Crippen LogP contribution in [0.1, 0.15) is 50.7 Å². The van der Waals surface area contributed by atoms with E-state index in [1.807, 2.05) is 75.4 Å². The number of ketones is 2. The van der Waals surface area contributed by atoms with Crippen LogP contribution in [0.15, 0.2) is 54.6 Å². The van der Waals surface area contributed by atoms with E-state index in [9.17, 15) is 9.59 Å². The van der Waals surface area contributed by atoms with Gasteiger partial charge in [-0.05, 0) is 47.2 Å². The molecule has 1 aliphatic carbocycles. The number of rotatable bonds is 4. The van der Waals surface area contributed by atoms with Crippen molar-refractivity contribution in [3.8, 4) is 11.6 Å². The molecule has 0 bridgehead atoms. The second-order valence-corrected chi connectivity index (χ2v) is 8.54. The molecule has 0 saturated heterocycles. The Morgan fingerprint density at radius 2 is 1.72 bits per heavy atom. The standard InChI is InChI=1S/C25H25NO3/c1-4-16-9-11-18(29-23-12-10-17-7-5-6-8-20(17)26-23)13-19(16)24-21(27)14-25(2,3)15-22(24)28/h5-13,24H,4,14-15H2,1-3H3. The number of nitrogens with zero attached hydrogens (tertiary/aromatic N) is 1. The third-order valence-electron chi connectivity index (χ3n) is 5.55. The SMILES string of the molecule is CCc1ccc(Oc2ccc3ccccc3n2)cc1C1C(=O)CC(C)(C)CC1=O. The van der Waals surface area contributed by atoms with E-state index in [0.717, 1.165) is 28.5 Å². The lowest BCUT2D eigenvalue weighted by Crippen LogP contribution is -2.36. The number of aromatic nitrogens is 1. The number of pyridine rings is 1. The van der Waals surface area contributed by atoms with Crippen LogP contribution < -0.4 is 4.74 Å². The quantitative estimate of drug-likeness (QED) is 0.544. The van der Waals surface area contributed by atoms with Crippen LogP contribution in [-0.2, 0) is 16.0 Å². The van der Waals surface area contributed by atoms with Crippen LogP contribution in [0.4, 0.5) is 0 Å². The van der Waals surface area contributed by atoms with Crippen molar-refractivity contribution in [2.24, 2.45) is 5.41 Å². The van der Waals surface area contributed by atoms with Gasteiger partial charge in [0.05, 0.1) is 5.52 Å². The third-order valence-corrected chi connectivity index (χ3v) is 5.55. The number of fused-ring (bicyclic) bond motifs is 1. The molecule has 0 aliphatic heterocycles. The van der Waals surface area contributed by atoms with E-state index in [0.29, 0.717) is 24.5 Å². The molecule has 4 rings (SSSR count). The third kappa shape index (κ3) is 3.93. The smallest absolute Gasteiger partial charge is 0.219 e. The molecule has 1 aromatic heterocycles. The fourth-order valence-corrected chi connectivity index (χ4v) is 4.19. The van der Waals surface area contributed by atoms with Crippen molar-refractivity contribution in [2.75, 3.05) is 0 Å². The minimum Gasteiger partial charge on any atom is -0.439 e. The number of ether oxygens (including phenoxy) is 1. The first-order valence-corrected chi connectivity index (χ1v) is 10.1. The Balaban J connectivity index is 1.68. The fourth-order valence-electron chi connectivity index (χ4n) is 4.19. The highest BCUT2D eigenvalue weighted by atomic mass is 16.5. The van der Waals surface area contributed by atoms with E-state index in [-0.39, 0.29) is 17.0 Å². The van der Waals surface area contributed by atoms with Gasteiger partial charge < -0.3 is 4.74 Å². The molecule has 0 radical (unpaired) electrons. The Kier molecular flexibility index (Phi) is 4.95. The predicted octanol–water partition coefficient (Wildman–Crippen LogP) is 5.63. The molecule has 0 spiro atoms. The lowest BCUT2D eigenvalue weighted by Gasteiger charge is -2.33. The Morgan fingerprint density at radius 1 is 1.00 bits per heavy atom. The number of aryl methyl sites for hydroxylation is 1. The zero-order chi connectivity index (χ0) is 20.6. The Hall–Kier alpha value is -3.01. The predicted molar refractivity (Wildman–Crippen MR) is 113 cm³/mol. The highest BCUT2D eigenvalue weighted by Crippen LogP contribution is 2.40. The number of para-hydroxylation sites is 1. The van der Waals surface area contributed by atoms with E-state index in [4.69, 9.17) is 4.74 Å². The summed E-state index contributed by atoms with van der Waals surface area (Å²) in [5, 5.41) is 1.04. The maximum absolute atomic E-state index is 12.8. The molecule has 0 amide bonds. The molecule has 0 unspecified atom stereocenters. The van der Waals surface area contributed by atoms with Crippen LogP contribution in [-0.4, -0.2) is 16.6 Å². The number of hydrogen-bond acceptors (Lipinski definition) is 4. The molecule has 2 aromatic carbocycles. The van der Waals surface area contributed by atoms with Gasteiger partial charge in [0.1, 0.15) is 23.2 Å². The maximum atomic E-state index is 12.8. The van der Waals surface area contributed by atoms with E-state index >= 15 is 0 Å². The summed E-state index contributed by atoms with van der Waals surface area (Å²) < 4.78 is 6.00. The van der Waals surface area contributed by atoms with Gasteiger partial charge in [-0.15, -0.1) is 0 Å². The lowest BCUT2D eigenvalue weighted by atomic mass is 9.69. The summed E-state index contributed by atoms with van der Waals surface area (Å²) in [6, 6.07) is 17.3. The molecule has 4 heteroatoms. The maximum Gasteiger partial charge on any atom is 0.219 e. The lowest BCUT2D eigenvalue weighted by molar-refractivity contribution is -0.135. The Labute approximate surface area is 170 Å². The minimum atomic E-state index is -0.689. The van der Waals surface area contributed by atoms with Crippen molar-refractivity contribution >= 4 is 22.5 Å². The van der Waals surface area contributed by atoms with Crippen molar-refractivity contribution in [1.29, 1.82) is 0 Å². The highest BCUT2D eigenvalue weighted by Gasteiger charge is 2.41. The normalized spacial score (nSPS) is 16.9. The summed E-state index contributed by atoms with van der Waals surface area (Å²) in [4.78, 5) is 30.2. The van der Waals surface area contributed by atoms with Gasteiger partial charge in [0.25, 0.3) is 0 Å². The molecular formula is C25H25NO3. The summed E-state index contributed by atoms with van der Waals surface area (Å²) in [5.74, 6) is 0.390. The van der Waals surface area contributed by atoms with Crippen LogP contribution in [0.2, 0.25) is 0 Å². The summed E-state index contributed by atoms with van der Waals surface area (Å²) in [5.41, 5.74) is 2.38. The number of Topliss-reactive ketones (excluding diaryl/α,β-unsaturated/α-hetero) is 2. The molecule has 29 heavy (non-hydrogen) atoms. The first kappa shape index (κ1) is 19.3. The van der Waals surface area contributed by atoms with E-state index in [1.165, 1.54) is 0 Å². The fraction of sp³-hybridized carbons (Fsp3) is 0.320. The van der Waals surface area contributed by atoms with Crippen LogP contribution >= 0.6 is 0 Å². The molecular weight excluding hydrogens is 362 g/mol. The topological polar surface area (TPSA) is 56.3 Å². The van der Waals surface area contributed by atoms with Gasteiger partial charge in [0, 0.05) is 24.3 Å². The molecule has 1 fully saturated rings. The average molecular weight is 387 g/mol. The minimum absolute atomic E-state index is 0.00179. The largest absolute Gasteiger partial charge is 0.439 e. The molecule has 1 heterocycles. The second-order valence-electron chi connectivity index (χ2n) is 8.54. The number of hydrogen-bond donors (Lipinski definition) is 0. The first-order chi connectivity index (χ1) is 13.9. The Morgan fingerprint density at radius 3 is 2.45 bits per heavy atom. The summed E-state index contributed by atoms with van der Waals surface area (Å²) in [6.07, 6.45) is 1.60. The molecule has 3 aromatic rings. The van der Waals surface area contributed by atoms with Gasteiger partial charge >= 0.3 is 0 Å². The second kappa shape index (κ2) is 7.43. The monoisotopic (exact) mass is 387 g/mol.